The molecule has 0 spiro atoms. The molecule has 30 heavy (non-hydrogen) atoms. The van der Waals surface area contributed by atoms with E-state index in [4.69, 9.17) is 4.74 Å². The molecular weight excluding hydrogens is 378 g/mol. The zero-order valence-corrected chi connectivity index (χ0v) is 19.4. The van der Waals surface area contributed by atoms with Crippen LogP contribution in [0.5, 0.6) is 0 Å². The zero-order chi connectivity index (χ0) is 22.1. The Bertz CT molecular complexity index is 706. The second-order valence-electron chi connectivity index (χ2n) is 9.17. The van der Waals surface area contributed by atoms with Crippen LogP contribution in [0.25, 0.3) is 0 Å². The fourth-order valence-electron chi connectivity index (χ4n) is 3.54. The highest BCUT2D eigenvalue weighted by molar-refractivity contribution is 5.94. The van der Waals surface area contributed by atoms with E-state index < -0.39 is 0 Å². The number of carbonyl (C=O) groups excluding carboxylic acids is 1. The number of carbonyl (C=O) groups is 1. The summed E-state index contributed by atoms with van der Waals surface area (Å²) >= 11 is 0. The van der Waals surface area contributed by atoms with Crippen molar-refractivity contribution in [2.75, 3.05) is 39.9 Å². The standard InChI is InChI=1S/C23H39N5O2/c1-17(2)20(28-10-12-30-13-11-28)16-26-22(24-6)25-15-18-8-7-9-19(14-18)21(29)27-23(3,4)5/h7-9,14,17,20H,10-13,15-16H2,1-6H3,(H,27,29)(H2,24,25,26). The smallest absolute Gasteiger partial charge is 0.251 e. The number of aliphatic imine (C=N–C) groups is 1. The van der Waals surface area contributed by atoms with Gasteiger partial charge in [-0.15, -0.1) is 0 Å². The molecular formula is C23H39N5O2. The van der Waals surface area contributed by atoms with Gasteiger partial charge < -0.3 is 20.7 Å². The molecule has 0 aromatic heterocycles. The second-order valence-corrected chi connectivity index (χ2v) is 9.17. The third-order valence-corrected chi connectivity index (χ3v) is 5.12. The van der Waals surface area contributed by atoms with Crippen LogP contribution in [0.2, 0.25) is 0 Å². The van der Waals surface area contributed by atoms with E-state index in [9.17, 15) is 4.79 Å². The van der Waals surface area contributed by atoms with Crippen LogP contribution in [0.15, 0.2) is 29.3 Å². The molecule has 1 aliphatic rings. The third-order valence-electron chi connectivity index (χ3n) is 5.12. The largest absolute Gasteiger partial charge is 0.379 e. The summed E-state index contributed by atoms with van der Waals surface area (Å²) in [6.45, 7) is 15.4. The van der Waals surface area contributed by atoms with E-state index in [-0.39, 0.29) is 11.4 Å². The molecule has 3 N–H and O–H groups in total. The number of benzene rings is 1. The summed E-state index contributed by atoms with van der Waals surface area (Å²) in [6, 6.07) is 8.12. The number of hydrogen-bond acceptors (Lipinski definition) is 4. The van der Waals surface area contributed by atoms with Gasteiger partial charge in [-0.2, -0.15) is 0 Å². The monoisotopic (exact) mass is 417 g/mol. The van der Waals surface area contributed by atoms with Crippen LogP contribution >= 0.6 is 0 Å². The predicted octanol–water partition coefficient (Wildman–Crippen LogP) is 2.24. The second kappa shape index (κ2) is 11.3. The van der Waals surface area contributed by atoms with Crippen molar-refractivity contribution in [1.29, 1.82) is 0 Å². The number of morpholine rings is 1. The summed E-state index contributed by atoms with van der Waals surface area (Å²) in [7, 11) is 1.78. The van der Waals surface area contributed by atoms with Gasteiger partial charge in [-0.05, 0) is 44.4 Å². The molecule has 0 aliphatic carbocycles. The van der Waals surface area contributed by atoms with Crippen LogP contribution in [0, 0.1) is 5.92 Å². The number of nitrogens with one attached hydrogen (secondary N) is 3. The van der Waals surface area contributed by atoms with Crippen LogP contribution < -0.4 is 16.0 Å². The Morgan fingerprint density at radius 1 is 1.20 bits per heavy atom. The van der Waals surface area contributed by atoms with Crippen molar-refractivity contribution in [2.24, 2.45) is 10.9 Å². The van der Waals surface area contributed by atoms with E-state index in [2.05, 4.69) is 39.7 Å². The van der Waals surface area contributed by atoms with Crippen molar-refractivity contribution in [3.05, 3.63) is 35.4 Å². The molecule has 1 aromatic rings. The average molecular weight is 418 g/mol. The molecule has 1 heterocycles. The Kier molecular flexibility index (Phi) is 9.11. The molecule has 1 aromatic carbocycles. The molecule has 7 nitrogen and oxygen atoms in total. The Morgan fingerprint density at radius 3 is 2.50 bits per heavy atom. The minimum Gasteiger partial charge on any atom is -0.379 e. The molecule has 0 saturated carbocycles. The summed E-state index contributed by atoms with van der Waals surface area (Å²) in [5.41, 5.74) is 1.44. The summed E-state index contributed by atoms with van der Waals surface area (Å²) in [4.78, 5) is 19.3. The van der Waals surface area contributed by atoms with Gasteiger partial charge in [-0.1, -0.05) is 26.0 Å². The van der Waals surface area contributed by atoms with Crippen molar-refractivity contribution in [3.8, 4) is 0 Å². The molecule has 1 saturated heterocycles. The van der Waals surface area contributed by atoms with Crippen LogP contribution in [-0.2, 0) is 11.3 Å². The number of nitrogens with zero attached hydrogens (tertiary/aromatic N) is 2. The maximum atomic E-state index is 12.4. The third kappa shape index (κ3) is 7.95. The highest BCUT2D eigenvalue weighted by Crippen LogP contribution is 2.12. The Morgan fingerprint density at radius 2 is 1.90 bits per heavy atom. The molecule has 1 fully saturated rings. The first-order chi connectivity index (χ1) is 14.2. The van der Waals surface area contributed by atoms with Crippen LogP contribution in [0.3, 0.4) is 0 Å². The summed E-state index contributed by atoms with van der Waals surface area (Å²) in [5, 5.41) is 9.83. The summed E-state index contributed by atoms with van der Waals surface area (Å²) in [6.07, 6.45) is 0. The van der Waals surface area contributed by atoms with E-state index in [1.54, 1.807) is 7.05 Å². The first-order valence-corrected chi connectivity index (χ1v) is 10.9. The van der Waals surface area contributed by atoms with Gasteiger partial charge in [0, 0.05) is 50.4 Å². The number of amides is 1. The minimum absolute atomic E-state index is 0.0582. The van der Waals surface area contributed by atoms with Gasteiger partial charge in [0.05, 0.1) is 13.2 Å². The van der Waals surface area contributed by atoms with Gasteiger partial charge in [0.1, 0.15) is 0 Å². The van der Waals surface area contributed by atoms with E-state index >= 15 is 0 Å². The van der Waals surface area contributed by atoms with E-state index in [1.807, 2.05) is 45.0 Å². The Balaban J connectivity index is 1.90. The molecule has 0 radical (unpaired) electrons. The van der Waals surface area contributed by atoms with Crippen molar-refractivity contribution >= 4 is 11.9 Å². The molecule has 1 aliphatic heterocycles. The topological polar surface area (TPSA) is 78.0 Å². The molecule has 168 valence electrons. The highest BCUT2D eigenvalue weighted by Gasteiger charge is 2.24. The van der Waals surface area contributed by atoms with Crippen molar-refractivity contribution < 1.29 is 9.53 Å². The van der Waals surface area contributed by atoms with Gasteiger partial charge in [-0.3, -0.25) is 14.7 Å². The predicted molar refractivity (Wildman–Crippen MR) is 123 cm³/mol. The lowest BCUT2D eigenvalue weighted by Crippen LogP contribution is -2.52. The normalized spacial score (nSPS) is 17.0. The zero-order valence-electron chi connectivity index (χ0n) is 19.4. The van der Waals surface area contributed by atoms with Crippen molar-refractivity contribution in [2.45, 2.75) is 52.7 Å². The maximum Gasteiger partial charge on any atom is 0.251 e. The molecule has 2 rings (SSSR count). The molecule has 1 unspecified atom stereocenters. The lowest BCUT2D eigenvalue weighted by molar-refractivity contribution is 0.00752. The van der Waals surface area contributed by atoms with Crippen LogP contribution in [-0.4, -0.2) is 68.2 Å². The lowest BCUT2D eigenvalue weighted by Gasteiger charge is -2.37. The average Bonchev–Trinajstić information content (AvgIpc) is 2.70. The van der Waals surface area contributed by atoms with E-state index in [1.165, 1.54) is 0 Å². The van der Waals surface area contributed by atoms with Crippen molar-refractivity contribution in [1.82, 2.24) is 20.9 Å². The molecule has 1 amide bonds. The molecule has 1 atom stereocenters. The summed E-state index contributed by atoms with van der Waals surface area (Å²) in [5.74, 6) is 1.24. The Hall–Kier alpha value is -2.12. The van der Waals surface area contributed by atoms with E-state index in [0.717, 1.165) is 44.4 Å². The maximum absolute atomic E-state index is 12.4. The van der Waals surface area contributed by atoms with Gasteiger partial charge >= 0.3 is 0 Å². The van der Waals surface area contributed by atoms with Gasteiger partial charge in [0.15, 0.2) is 5.96 Å². The van der Waals surface area contributed by atoms with Gasteiger partial charge in [-0.25, -0.2) is 0 Å². The number of hydrogen-bond donors (Lipinski definition) is 3. The Labute approximate surface area is 181 Å². The van der Waals surface area contributed by atoms with Crippen LogP contribution in [0.4, 0.5) is 0 Å². The number of rotatable bonds is 7. The lowest BCUT2D eigenvalue weighted by atomic mass is 10.0. The molecule has 0 bridgehead atoms. The van der Waals surface area contributed by atoms with Gasteiger partial charge in [0.25, 0.3) is 5.91 Å². The quantitative estimate of drug-likeness (QED) is 0.468. The first-order valence-electron chi connectivity index (χ1n) is 10.9. The van der Waals surface area contributed by atoms with Crippen LogP contribution in [0.1, 0.15) is 50.5 Å². The van der Waals surface area contributed by atoms with Crippen molar-refractivity contribution in [3.63, 3.8) is 0 Å². The van der Waals surface area contributed by atoms with Gasteiger partial charge in [0.2, 0.25) is 0 Å². The SMILES string of the molecule is CN=C(NCc1cccc(C(=O)NC(C)(C)C)c1)NCC(C(C)C)N1CCOCC1. The fourth-order valence-corrected chi connectivity index (χ4v) is 3.54. The summed E-state index contributed by atoms with van der Waals surface area (Å²) < 4.78 is 5.49. The molecule has 7 heteroatoms. The van der Waals surface area contributed by atoms with E-state index in [0.29, 0.717) is 24.1 Å². The number of guanidine groups is 1. The highest BCUT2D eigenvalue weighted by atomic mass is 16.5. The fraction of sp³-hybridized carbons (Fsp3) is 0.652. The minimum atomic E-state index is -0.259. The first kappa shape index (κ1) is 24.2. The number of ether oxygens (including phenoxy) is 1.